The fourth-order valence-electron chi connectivity index (χ4n) is 3.52. The van der Waals surface area contributed by atoms with Crippen LogP contribution in [0.2, 0.25) is 0 Å². The fourth-order valence-corrected chi connectivity index (χ4v) is 6.25. The third-order valence-electron chi connectivity index (χ3n) is 4.96. The van der Waals surface area contributed by atoms with Gasteiger partial charge < -0.3 is 15.2 Å². The number of carbonyl (C=O) groups is 3. The van der Waals surface area contributed by atoms with Crippen molar-refractivity contribution in [2.45, 2.75) is 58.6 Å². The number of ether oxygens (including phenoxy) is 1. The number of carbonyl (C=O) groups excluding carboxylic acids is 2. The first-order valence-electron chi connectivity index (χ1n) is 10.7. The Bertz CT molecular complexity index is 1220. The number of ketones is 1. The number of hydrogen-bond acceptors (Lipinski definition) is 6. The van der Waals surface area contributed by atoms with Crippen LogP contribution in [-0.4, -0.2) is 28.6 Å². The predicted molar refractivity (Wildman–Crippen MR) is 128 cm³/mol. The monoisotopic (exact) mass is 509 g/mol. The Hall–Kier alpha value is -2.85. The summed E-state index contributed by atoms with van der Waals surface area (Å²) in [6.07, 6.45) is -0.310. The number of hydrogen-bond donors (Lipinski definition) is 2. The molecule has 3 aromatic rings. The molecule has 3 rings (SSSR count). The predicted octanol–water partition coefficient (Wildman–Crippen LogP) is 6.73. The fraction of sp³-hybridized carbons (Fsp3) is 0.375. The van der Waals surface area contributed by atoms with E-state index in [1.54, 1.807) is 26.8 Å². The minimum Gasteiger partial charge on any atom is -0.477 e. The quantitative estimate of drug-likeness (QED) is 0.329. The molecule has 0 spiro atoms. The number of alkyl carbamates (subject to hydrolysis) is 1. The average molecular weight is 510 g/mol. The number of carboxylic acids is 1. The highest BCUT2D eigenvalue weighted by Crippen LogP contribution is 2.41. The van der Waals surface area contributed by atoms with Gasteiger partial charge in [-0.2, -0.15) is 0 Å². The summed E-state index contributed by atoms with van der Waals surface area (Å²) < 4.78 is 35.0. The molecule has 2 aromatic heterocycles. The normalized spacial score (nSPS) is 12.5. The number of benzene rings is 1. The molecule has 1 amide bonds. The number of Topliss-reactive ketones (excluding diaryl/α,β-unsaturated/α-hetero) is 1. The number of rotatable bonds is 8. The van der Waals surface area contributed by atoms with Gasteiger partial charge in [0.1, 0.15) is 22.1 Å². The van der Waals surface area contributed by atoms with Gasteiger partial charge in [0.2, 0.25) is 0 Å². The molecular formula is C24H25F2NO5S2. The summed E-state index contributed by atoms with van der Waals surface area (Å²) in [5, 5.41) is 12.2. The van der Waals surface area contributed by atoms with Crippen LogP contribution in [0.5, 0.6) is 0 Å². The van der Waals surface area contributed by atoms with Gasteiger partial charge in [0.25, 0.3) is 0 Å². The molecule has 2 N–H and O–H groups in total. The lowest BCUT2D eigenvalue weighted by Crippen LogP contribution is -2.35. The van der Waals surface area contributed by atoms with Crippen molar-refractivity contribution in [3.05, 3.63) is 56.8 Å². The van der Waals surface area contributed by atoms with Gasteiger partial charge in [0.15, 0.2) is 5.78 Å². The summed E-state index contributed by atoms with van der Waals surface area (Å²) >= 11 is 2.48. The molecule has 0 fully saturated rings. The number of nitrogens with one attached hydrogen (secondary N) is 1. The van der Waals surface area contributed by atoms with Crippen LogP contribution in [0.1, 0.15) is 77.0 Å². The van der Waals surface area contributed by atoms with E-state index in [9.17, 15) is 28.3 Å². The SMILES string of the molecule is CCc1c(C(=O)O)sc2cc(C(CCC(=O)c3c(F)cccc3F)NC(=O)OC(C)(C)C)sc12. The van der Waals surface area contributed by atoms with E-state index in [2.05, 4.69) is 5.32 Å². The lowest BCUT2D eigenvalue weighted by Gasteiger charge is -2.23. The van der Waals surface area contributed by atoms with Crippen LogP contribution < -0.4 is 5.32 Å². The highest BCUT2D eigenvalue weighted by Gasteiger charge is 2.26. The zero-order valence-corrected chi connectivity index (χ0v) is 20.8. The highest BCUT2D eigenvalue weighted by molar-refractivity contribution is 7.29. The van der Waals surface area contributed by atoms with E-state index in [4.69, 9.17) is 4.74 Å². The number of halogens is 2. The van der Waals surface area contributed by atoms with E-state index in [1.165, 1.54) is 17.4 Å². The van der Waals surface area contributed by atoms with Gasteiger partial charge in [0.05, 0.1) is 11.6 Å². The first kappa shape index (κ1) is 25.8. The van der Waals surface area contributed by atoms with E-state index in [0.717, 1.165) is 32.9 Å². The van der Waals surface area contributed by atoms with Crippen molar-refractivity contribution in [3.63, 3.8) is 0 Å². The number of aromatic carboxylic acids is 1. The van der Waals surface area contributed by atoms with E-state index >= 15 is 0 Å². The molecule has 2 heterocycles. The molecule has 1 atom stereocenters. The van der Waals surface area contributed by atoms with Crippen molar-refractivity contribution in [2.75, 3.05) is 0 Å². The Morgan fingerprint density at radius 2 is 1.79 bits per heavy atom. The summed E-state index contributed by atoms with van der Waals surface area (Å²) in [7, 11) is 0. The number of aryl methyl sites for hydroxylation is 1. The van der Waals surface area contributed by atoms with Gasteiger partial charge in [-0.05, 0) is 57.4 Å². The van der Waals surface area contributed by atoms with Gasteiger partial charge in [-0.15, -0.1) is 22.7 Å². The minimum absolute atomic E-state index is 0.0763. The van der Waals surface area contributed by atoms with E-state index in [1.807, 2.05) is 6.92 Å². The van der Waals surface area contributed by atoms with Crippen molar-refractivity contribution in [1.82, 2.24) is 5.32 Å². The molecule has 0 aliphatic heterocycles. The molecule has 1 unspecified atom stereocenters. The first-order valence-corrected chi connectivity index (χ1v) is 12.3. The molecular weight excluding hydrogens is 484 g/mol. The summed E-state index contributed by atoms with van der Waals surface area (Å²) in [4.78, 5) is 37.6. The molecule has 0 bridgehead atoms. The molecule has 10 heteroatoms. The summed E-state index contributed by atoms with van der Waals surface area (Å²) in [5.74, 6) is -3.58. The third-order valence-corrected chi connectivity index (χ3v) is 7.57. The van der Waals surface area contributed by atoms with Crippen LogP contribution in [-0.2, 0) is 11.2 Å². The first-order chi connectivity index (χ1) is 15.9. The number of fused-ring (bicyclic) bond motifs is 1. The Morgan fingerprint density at radius 1 is 1.15 bits per heavy atom. The van der Waals surface area contributed by atoms with Crippen LogP contribution in [0.3, 0.4) is 0 Å². The molecule has 0 aliphatic rings. The topological polar surface area (TPSA) is 92.7 Å². The maximum atomic E-state index is 14.0. The third kappa shape index (κ3) is 5.79. The summed E-state index contributed by atoms with van der Waals surface area (Å²) in [6.45, 7) is 7.02. The number of carboxylic acid groups (broad SMARTS) is 1. The Balaban J connectivity index is 1.90. The van der Waals surface area contributed by atoms with Gasteiger partial charge >= 0.3 is 12.1 Å². The van der Waals surface area contributed by atoms with Crippen molar-refractivity contribution in [2.24, 2.45) is 0 Å². The Labute approximate surface area is 203 Å². The van der Waals surface area contributed by atoms with Crippen LogP contribution in [0.4, 0.5) is 13.6 Å². The molecule has 0 radical (unpaired) electrons. The average Bonchev–Trinajstić information content (AvgIpc) is 3.27. The van der Waals surface area contributed by atoms with E-state index in [0.29, 0.717) is 16.9 Å². The molecule has 0 saturated heterocycles. The van der Waals surface area contributed by atoms with Crippen molar-refractivity contribution < 1.29 is 33.0 Å². The molecule has 0 saturated carbocycles. The second-order valence-corrected chi connectivity index (χ2v) is 10.8. The second-order valence-electron chi connectivity index (χ2n) is 8.67. The smallest absolute Gasteiger partial charge is 0.408 e. The lowest BCUT2D eigenvalue weighted by molar-refractivity contribution is 0.0499. The molecule has 34 heavy (non-hydrogen) atoms. The summed E-state index contributed by atoms with van der Waals surface area (Å²) in [5.41, 5.74) is -0.642. The van der Waals surface area contributed by atoms with Gasteiger partial charge in [-0.3, -0.25) is 4.79 Å². The minimum atomic E-state index is -0.993. The Kier molecular flexibility index (Phi) is 7.72. The van der Waals surface area contributed by atoms with Gasteiger partial charge in [0, 0.05) is 20.7 Å². The maximum Gasteiger partial charge on any atom is 0.408 e. The highest BCUT2D eigenvalue weighted by atomic mass is 32.1. The Morgan fingerprint density at radius 3 is 2.35 bits per heavy atom. The van der Waals surface area contributed by atoms with Crippen LogP contribution in [0.25, 0.3) is 9.40 Å². The summed E-state index contributed by atoms with van der Waals surface area (Å²) in [6, 6.07) is 4.34. The van der Waals surface area contributed by atoms with E-state index < -0.39 is 46.7 Å². The van der Waals surface area contributed by atoms with Gasteiger partial charge in [-0.25, -0.2) is 18.4 Å². The van der Waals surface area contributed by atoms with Crippen molar-refractivity contribution >= 4 is 49.9 Å². The molecule has 1 aromatic carbocycles. The number of amides is 1. The van der Waals surface area contributed by atoms with Crippen molar-refractivity contribution in [1.29, 1.82) is 0 Å². The molecule has 6 nitrogen and oxygen atoms in total. The molecule has 182 valence electrons. The largest absolute Gasteiger partial charge is 0.477 e. The molecule has 0 aliphatic carbocycles. The van der Waals surface area contributed by atoms with Crippen molar-refractivity contribution in [3.8, 4) is 0 Å². The zero-order chi connectivity index (χ0) is 25.2. The lowest BCUT2D eigenvalue weighted by atomic mass is 10.0. The standard InChI is InChI=1S/C24H25F2NO5S2/c1-5-12-20-18(34-21(12)22(29)30)11-17(33-20)15(27-23(31)32-24(2,3)4)9-10-16(28)19-13(25)7-6-8-14(19)26/h6-8,11,15H,5,9-10H2,1-4H3,(H,27,31)(H,29,30). The number of thiophene rings is 2. The van der Waals surface area contributed by atoms with Crippen LogP contribution in [0, 0.1) is 11.6 Å². The van der Waals surface area contributed by atoms with Gasteiger partial charge in [-0.1, -0.05) is 13.0 Å². The van der Waals surface area contributed by atoms with Crippen LogP contribution in [0.15, 0.2) is 24.3 Å². The second kappa shape index (κ2) is 10.2. The van der Waals surface area contributed by atoms with E-state index in [-0.39, 0.29) is 17.7 Å². The van der Waals surface area contributed by atoms with Crippen LogP contribution >= 0.6 is 22.7 Å². The zero-order valence-electron chi connectivity index (χ0n) is 19.2. The maximum absolute atomic E-state index is 14.0.